The summed E-state index contributed by atoms with van der Waals surface area (Å²) < 4.78 is 4.82. The lowest BCUT2D eigenvalue weighted by Crippen LogP contribution is -2.27. The summed E-state index contributed by atoms with van der Waals surface area (Å²) in [5, 5.41) is 5.64. The van der Waals surface area contributed by atoms with Gasteiger partial charge in [0.2, 0.25) is 5.91 Å². The summed E-state index contributed by atoms with van der Waals surface area (Å²) in [5.74, 6) is -0.932. The van der Waals surface area contributed by atoms with Crippen LogP contribution in [-0.4, -0.2) is 29.9 Å². The molecule has 0 radical (unpaired) electrons. The Balaban J connectivity index is 2.23. The quantitative estimate of drug-likeness (QED) is 0.679. The van der Waals surface area contributed by atoms with Crippen molar-refractivity contribution in [2.24, 2.45) is 0 Å². The molecule has 7 heteroatoms. The lowest BCUT2D eigenvalue weighted by atomic mass is 10.1. The third-order valence-corrected chi connectivity index (χ3v) is 4.35. The predicted molar refractivity (Wildman–Crippen MR) is 103 cm³/mol. The van der Waals surface area contributed by atoms with Gasteiger partial charge in [-0.3, -0.25) is 9.59 Å². The van der Waals surface area contributed by atoms with Crippen LogP contribution in [0.3, 0.4) is 0 Å². The fourth-order valence-electron chi connectivity index (χ4n) is 2.97. The van der Waals surface area contributed by atoms with Gasteiger partial charge in [-0.05, 0) is 43.5 Å². The number of aromatic nitrogens is 1. The van der Waals surface area contributed by atoms with E-state index in [0.717, 1.165) is 5.56 Å². The van der Waals surface area contributed by atoms with Crippen LogP contribution >= 0.6 is 0 Å². The van der Waals surface area contributed by atoms with E-state index < -0.39 is 5.97 Å². The molecule has 2 amide bonds. The van der Waals surface area contributed by atoms with Crippen LogP contribution in [0.25, 0.3) is 0 Å². The molecule has 1 aromatic carbocycles. The van der Waals surface area contributed by atoms with Gasteiger partial charge in [0.15, 0.2) is 0 Å². The number of hydrogen-bond donors (Lipinski definition) is 3. The number of amides is 2. The number of nitrogens with one attached hydrogen (secondary N) is 3. The van der Waals surface area contributed by atoms with Gasteiger partial charge in [0.1, 0.15) is 5.69 Å². The van der Waals surface area contributed by atoms with Gasteiger partial charge < -0.3 is 20.4 Å². The molecule has 0 aliphatic carbocycles. The second kappa shape index (κ2) is 8.53. The lowest BCUT2D eigenvalue weighted by molar-refractivity contribution is -0.114. The lowest BCUT2D eigenvalue weighted by Gasteiger charge is -2.15. The number of rotatable bonds is 6. The number of esters is 1. The maximum Gasteiger partial charge on any atom is 0.339 e. The fourth-order valence-corrected chi connectivity index (χ4v) is 2.97. The Morgan fingerprint density at radius 1 is 1.26 bits per heavy atom. The summed E-state index contributed by atoms with van der Waals surface area (Å²) in [4.78, 5) is 39.0. The molecule has 2 rings (SSSR count). The second-order valence-electron chi connectivity index (χ2n) is 6.33. The first-order valence-corrected chi connectivity index (χ1v) is 8.76. The molecule has 0 saturated carbocycles. The number of H-pyrrole nitrogens is 1. The molecule has 1 aromatic heterocycles. The largest absolute Gasteiger partial charge is 0.465 e. The molecule has 144 valence electrons. The zero-order valence-corrected chi connectivity index (χ0v) is 16.2. The number of ether oxygens (including phenoxy) is 1. The van der Waals surface area contributed by atoms with Crippen LogP contribution in [0.2, 0.25) is 0 Å². The van der Waals surface area contributed by atoms with Crippen LogP contribution in [0, 0.1) is 6.92 Å². The smallest absolute Gasteiger partial charge is 0.339 e. The Hall–Kier alpha value is -3.09. The van der Waals surface area contributed by atoms with Crippen molar-refractivity contribution < 1.29 is 19.1 Å². The monoisotopic (exact) mass is 371 g/mol. The zero-order valence-electron chi connectivity index (χ0n) is 16.2. The van der Waals surface area contributed by atoms with E-state index in [-0.39, 0.29) is 17.9 Å². The van der Waals surface area contributed by atoms with Crippen molar-refractivity contribution in [3.8, 4) is 0 Å². The van der Waals surface area contributed by atoms with E-state index in [2.05, 4.69) is 15.6 Å². The van der Waals surface area contributed by atoms with Gasteiger partial charge in [-0.2, -0.15) is 0 Å². The first kappa shape index (κ1) is 20.2. The minimum absolute atomic E-state index is 0.159. The standard InChI is InChI=1S/C20H25N3O4/c1-6-16-17(20(26)27-5)11(2)18(23-16)19(25)21-12(3)14-8-7-9-15(10-14)22-13(4)24/h7-10,12,23H,6H2,1-5H3,(H,21,25)(H,22,24). The van der Waals surface area contributed by atoms with Gasteiger partial charge in [0.05, 0.1) is 18.7 Å². The predicted octanol–water partition coefficient (Wildman–Crippen LogP) is 3.12. The first-order valence-electron chi connectivity index (χ1n) is 8.76. The Morgan fingerprint density at radius 2 is 1.96 bits per heavy atom. The summed E-state index contributed by atoms with van der Waals surface area (Å²) >= 11 is 0. The number of hydrogen-bond acceptors (Lipinski definition) is 4. The first-order chi connectivity index (χ1) is 12.8. The Bertz CT molecular complexity index is 870. The number of aromatic amines is 1. The van der Waals surface area contributed by atoms with Gasteiger partial charge in [0, 0.05) is 18.3 Å². The van der Waals surface area contributed by atoms with E-state index >= 15 is 0 Å². The molecule has 0 spiro atoms. The van der Waals surface area contributed by atoms with Gasteiger partial charge in [-0.25, -0.2) is 4.79 Å². The van der Waals surface area contributed by atoms with E-state index in [1.807, 2.05) is 32.0 Å². The fraction of sp³-hybridized carbons (Fsp3) is 0.350. The average Bonchev–Trinajstić information content (AvgIpc) is 2.97. The van der Waals surface area contributed by atoms with E-state index in [0.29, 0.717) is 34.6 Å². The highest BCUT2D eigenvalue weighted by molar-refractivity contribution is 6.00. The van der Waals surface area contributed by atoms with E-state index in [4.69, 9.17) is 4.74 Å². The maximum atomic E-state index is 12.7. The highest BCUT2D eigenvalue weighted by Crippen LogP contribution is 2.22. The van der Waals surface area contributed by atoms with Crippen LogP contribution in [0.15, 0.2) is 24.3 Å². The maximum absolute atomic E-state index is 12.7. The van der Waals surface area contributed by atoms with Crippen LogP contribution < -0.4 is 10.6 Å². The highest BCUT2D eigenvalue weighted by atomic mass is 16.5. The van der Waals surface area contributed by atoms with Crippen LogP contribution in [-0.2, 0) is 16.0 Å². The van der Waals surface area contributed by atoms with Gasteiger partial charge in [-0.1, -0.05) is 19.1 Å². The van der Waals surface area contributed by atoms with Gasteiger partial charge in [-0.15, -0.1) is 0 Å². The van der Waals surface area contributed by atoms with E-state index in [1.165, 1.54) is 14.0 Å². The van der Waals surface area contributed by atoms with Crippen molar-refractivity contribution in [3.63, 3.8) is 0 Å². The molecule has 0 bridgehead atoms. The minimum atomic E-state index is -0.462. The van der Waals surface area contributed by atoms with Crippen LogP contribution in [0.5, 0.6) is 0 Å². The highest BCUT2D eigenvalue weighted by Gasteiger charge is 2.24. The SMILES string of the molecule is CCc1[nH]c(C(=O)NC(C)c2cccc(NC(C)=O)c2)c(C)c1C(=O)OC. The second-order valence-corrected chi connectivity index (χ2v) is 6.33. The summed E-state index contributed by atoms with van der Waals surface area (Å²) in [6, 6.07) is 6.99. The van der Waals surface area contributed by atoms with Gasteiger partial charge in [0.25, 0.3) is 5.91 Å². The van der Waals surface area contributed by atoms with E-state index in [1.54, 1.807) is 13.0 Å². The Morgan fingerprint density at radius 3 is 2.56 bits per heavy atom. The number of benzene rings is 1. The Labute approximate surface area is 158 Å². The molecular weight excluding hydrogens is 346 g/mol. The molecule has 0 aliphatic heterocycles. The van der Waals surface area contributed by atoms with Crippen molar-refractivity contribution in [1.82, 2.24) is 10.3 Å². The molecule has 2 aromatic rings. The topological polar surface area (TPSA) is 100 Å². The van der Waals surface area contributed by atoms with Crippen molar-refractivity contribution >= 4 is 23.5 Å². The third kappa shape index (κ3) is 4.55. The van der Waals surface area contributed by atoms with Crippen LogP contribution in [0.1, 0.15) is 64.5 Å². The summed E-state index contributed by atoms with van der Waals surface area (Å²) in [5.41, 5.74) is 3.50. The molecule has 0 aliphatic rings. The molecule has 1 unspecified atom stereocenters. The molecule has 27 heavy (non-hydrogen) atoms. The summed E-state index contributed by atoms with van der Waals surface area (Å²) in [7, 11) is 1.32. The van der Waals surface area contributed by atoms with Gasteiger partial charge >= 0.3 is 5.97 Å². The number of carbonyl (C=O) groups is 3. The molecule has 1 heterocycles. The zero-order chi connectivity index (χ0) is 20.1. The van der Waals surface area contributed by atoms with Crippen LogP contribution in [0.4, 0.5) is 5.69 Å². The van der Waals surface area contributed by atoms with E-state index in [9.17, 15) is 14.4 Å². The molecule has 3 N–H and O–H groups in total. The van der Waals surface area contributed by atoms with Crippen molar-refractivity contribution in [2.75, 3.05) is 12.4 Å². The normalized spacial score (nSPS) is 11.6. The number of anilines is 1. The average molecular weight is 371 g/mol. The Kier molecular flexibility index (Phi) is 6.39. The number of methoxy groups -OCH3 is 1. The number of aryl methyl sites for hydroxylation is 1. The summed E-state index contributed by atoms with van der Waals surface area (Å²) in [6.45, 7) is 6.91. The minimum Gasteiger partial charge on any atom is -0.465 e. The third-order valence-electron chi connectivity index (χ3n) is 4.35. The molecule has 1 atom stereocenters. The van der Waals surface area contributed by atoms with Crippen molar-refractivity contribution in [1.29, 1.82) is 0 Å². The van der Waals surface area contributed by atoms with Crippen molar-refractivity contribution in [3.05, 3.63) is 52.3 Å². The van der Waals surface area contributed by atoms with Crippen molar-refractivity contribution in [2.45, 2.75) is 40.2 Å². The summed E-state index contributed by atoms with van der Waals surface area (Å²) in [6.07, 6.45) is 0.576. The molecule has 7 nitrogen and oxygen atoms in total. The molecule has 0 saturated heterocycles. The molecular formula is C20H25N3O4. The molecule has 0 fully saturated rings. The number of carbonyl (C=O) groups excluding carboxylic acids is 3.